The van der Waals surface area contributed by atoms with Crippen LogP contribution in [0.4, 0.5) is 5.69 Å². The first-order valence-corrected chi connectivity index (χ1v) is 12.0. The minimum atomic E-state index is 0.230. The number of piperidine rings is 1. The number of nitrogens with zero attached hydrogens (tertiary/aromatic N) is 3. The Morgan fingerprint density at radius 1 is 1.00 bits per heavy atom. The van der Waals surface area contributed by atoms with Crippen molar-refractivity contribution in [2.24, 2.45) is 0 Å². The van der Waals surface area contributed by atoms with Gasteiger partial charge in [0.15, 0.2) is 0 Å². The van der Waals surface area contributed by atoms with Gasteiger partial charge in [0.25, 0.3) is 0 Å². The summed E-state index contributed by atoms with van der Waals surface area (Å²) in [6.45, 7) is 7.66. The van der Waals surface area contributed by atoms with Crippen molar-refractivity contribution in [3.63, 3.8) is 0 Å². The summed E-state index contributed by atoms with van der Waals surface area (Å²) >= 11 is 0. The Hall–Kier alpha value is -2.72. The molecule has 0 spiro atoms. The fourth-order valence-electron chi connectivity index (χ4n) is 5.65. The molecule has 0 bridgehead atoms. The van der Waals surface area contributed by atoms with Crippen LogP contribution in [-0.2, 0) is 17.6 Å². The van der Waals surface area contributed by atoms with Crippen molar-refractivity contribution >= 4 is 22.5 Å². The molecule has 1 saturated heterocycles. The number of pyridine rings is 1. The maximum Gasteiger partial charge on any atom is 0.227 e. The largest absolute Gasteiger partial charge is 0.315 e. The molecule has 0 N–H and O–H groups in total. The van der Waals surface area contributed by atoms with Crippen LogP contribution in [0.25, 0.3) is 10.9 Å². The number of aromatic nitrogens is 1. The van der Waals surface area contributed by atoms with Crippen molar-refractivity contribution in [1.29, 1.82) is 0 Å². The van der Waals surface area contributed by atoms with Crippen molar-refractivity contribution in [2.45, 2.75) is 51.9 Å². The summed E-state index contributed by atoms with van der Waals surface area (Å²) in [5.74, 6) is 0.846. The molecule has 32 heavy (non-hydrogen) atoms. The molecule has 3 heterocycles. The van der Waals surface area contributed by atoms with Gasteiger partial charge >= 0.3 is 0 Å². The smallest absolute Gasteiger partial charge is 0.227 e. The third-order valence-electron chi connectivity index (χ3n) is 7.58. The lowest BCUT2D eigenvalue weighted by molar-refractivity contribution is -0.118. The minimum Gasteiger partial charge on any atom is -0.315 e. The summed E-state index contributed by atoms with van der Waals surface area (Å²) in [5.41, 5.74) is 8.99. The Kier molecular flexibility index (Phi) is 5.73. The molecule has 4 nitrogen and oxygen atoms in total. The van der Waals surface area contributed by atoms with Crippen LogP contribution in [0.1, 0.15) is 53.1 Å². The van der Waals surface area contributed by atoms with Gasteiger partial charge < -0.3 is 9.80 Å². The van der Waals surface area contributed by atoms with E-state index in [1.54, 1.807) is 0 Å². The molecular formula is C28H33N3O. The van der Waals surface area contributed by atoms with Crippen molar-refractivity contribution < 1.29 is 4.79 Å². The zero-order valence-electron chi connectivity index (χ0n) is 19.5. The van der Waals surface area contributed by atoms with Crippen molar-refractivity contribution in [3.05, 3.63) is 70.4 Å². The molecule has 5 rings (SSSR count). The predicted molar refractivity (Wildman–Crippen MR) is 132 cm³/mol. The Balaban J connectivity index is 1.26. The maximum absolute atomic E-state index is 12.1. The lowest BCUT2D eigenvalue weighted by atomic mass is 9.86. The first kappa shape index (κ1) is 21.1. The normalized spacial score (nSPS) is 17.7. The van der Waals surface area contributed by atoms with Gasteiger partial charge in [-0.1, -0.05) is 24.3 Å². The molecule has 2 aliphatic heterocycles. The highest BCUT2D eigenvalue weighted by atomic mass is 16.2. The first-order chi connectivity index (χ1) is 15.5. The van der Waals surface area contributed by atoms with Crippen molar-refractivity contribution in [2.75, 3.05) is 31.6 Å². The second-order valence-electron chi connectivity index (χ2n) is 9.54. The molecule has 0 atom stereocenters. The van der Waals surface area contributed by atoms with Gasteiger partial charge in [-0.25, -0.2) is 0 Å². The number of hydrogen-bond acceptors (Lipinski definition) is 3. The summed E-state index contributed by atoms with van der Waals surface area (Å²) in [7, 11) is 1.91. The number of fused-ring (bicyclic) bond motifs is 2. The van der Waals surface area contributed by atoms with E-state index in [1.165, 1.54) is 40.5 Å². The monoisotopic (exact) mass is 427 g/mol. The van der Waals surface area contributed by atoms with E-state index in [2.05, 4.69) is 61.2 Å². The van der Waals surface area contributed by atoms with Crippen LogP contribution < -0.4 is 4.90 Å². The third kappa shape index (κ3) is 3.93. The molecule has 0 unspecified atom stereocenters. The summed E-state index contributed by atoms with van der Waals surface area (Å²) < 4.78 is 0. The second-order valence-corrected chi connectivity index (χ2v) is 9.54. The number of aryl methyl sites for hydroxylation is 2. The van der Waals surface area contributed by atoms with Crippen LogP contribution in [0, 0.1) is 13.8 Å². The standard InChI is InChI=1S/C28H33N3O/c1-19-7-11-27-25(10-12-28(32)30(27)3)22(19)15-18-31-16-13-21(14-17-31)23-5-4-6-26-24(23)9-8-20(2)29-26/h4-9,11,21H,10,12-18H2,1-3H3. The summed E-state index contributed by atoms with van der Waals surface area (Å²) in [5, 5.41) is 1.32. The number of anilines is 1. The molecule has 4 heteroatoms. The van der Waals surface area contributed by atoms with Gasteiger partial charge in [-0.05, 0) is 99.0 Å². The molecule has 1 fully saturated rings. The van der Waals surface area contributed by atoms with E-state index in [1.807, 2.05) is 11.9 Å². The van der Waals surface area contributed by atoms with E-state index in [0.717, 1.165) is 49.4 Å². The predicted octanol–water partition coefficient (Wildman–Crippen LogP) is 5.18. The van der Waals surface area contributed by atoms with Gasteiger partial charge in [0, 0.05) is 36.8 Å². The van der Waals surface area contributed by atoms with Crippen LogP contribution in [0.3, 0.4) is 0 Å². The first-order valence-electron chi connectivity index (χ1n) is 12.0. The highest BCUT2D eigenvalue weighted by molar-refractivity contribution is 5.96. The Labute approximate surface area is 191 Å². The molecule has 3 aromatic rings. The van der Waals surface area contributed by atoms with Gasteiger partial charge in [-0.3, -0.25) is 9.78 Å². The van der Waals surface area contributed by atoms with Crippen LogP contribution in [0.5, 0.6) is 0 Å². The van der Waals surface area contributed by atoms with Crippen molar-refractivity contribution in [3.8, 4) is 0 Å². The van der Waals surface area contributed by atoms with E-state index in [4.69, 9.17) is 4.98 Å². The molecule has 2 aromatic carbocycles. The van der Waals surface area contributed by atoms with Gasteiger partial charge in [-0.15, -0.1) is 0 Å². The molecular weight excluding hydrogens is 394 g/mol. The summed E-state index contributed by atoms with van der Waals surface area (Å²) in [6, 6.07) is 15.3. The zero-order chi connectivity index (χ0) is 22.2. The number of rotatable bonds is 4. The Bertz CT molecular complexity index is 1160. The van der Waals surface area contributed by atoms with Crippen molar-refractivity contribution in [1.82, 2.24) is 9.88 Å². The molecule has 166 valence electrons. The van der Waals surface area contributed by atoms with Crippen LogP contribution >= 0.6 is 0 Å². The van der Waals surface area contributed by atoms with E-state index < -0.39 is 0 Å². The minimum absolute atomic E-state index is 0.230. The number of benzene rings is 2. The van der Waals surface area contributed by atoms with E-state index >= 15 is 0 Å². The van der Waals surface area contributed by atoms with Crippen LogP contribution in [-0.4, -0.2) is 42.5 Å². The second kappa shape index (κ2) is 8.67. The number of likely N-dealkylation sites (tertiary alicyclic amines) is 1. The number of amides is 1. The van der Waals surface area contributed by atoms with E-state index in [9.17, 15) is 4.79 Å². The van der Waals surface area contributed by atoms with E-state index in [0.29, 0.717) is 12.3 Å². The topological polar surface area (TPSA) is 36.4 Å². The van der Waals surface area contributed by atoms with Gasteiger partial charge in [0.2, 0.25) is 5.91 Å². The van der Waals surface area contributed by atoms with Gasteiger partial charge in [0.05, 0.1) is 5.52 Å². The molecule has 1 amide bonds. The van der Waals surface area contributed by atoms with Crippen LogP contribution in [0.15, 0.2) is 42.5 Å². The molecule has 2 aliphatic rings. The highest BCUT2D eigenvalue weighted by Gasteiger charge is 2.25. The SMILES string of the molecule is Cc1ccc2c(C3CCN(CCc4c(C)ccc5c4CCC(=O)N5C)CC3)cccc2n1. The zero-order valence-corrected chi connectivity index (χ0v) is 19.5. The fraction of sp³-hybridized carbons (Fsp3) is 0.429. The van der Waals surface area contributed by atoms with Gasteiger partial charge in [-0.2, -0.15) is 0 Å². The summed E-state index contributed by atoms with van der Waals surface area (Å²) in [4.78, 5) is 21.3. The molecule has 1 aromatic heterocycles. The maximum atomic E-state index is 12.1. The average molecular weight is 428 g/mol. The number of carbonyl (C=O) groups is 1. The van der Waals surface area contributed by atoms with Gasteiger partial charge in [0.1, 0.15) is 0 Å². The highest BCUT2D eigenvalue weighted by Crippen LogP contribution is 2.34. The van der Waals surface area contributed by atoms with E-state index in [-0.39, 0.29) is 5.91 Å². The number of carbonyl (C=O) groups excluding carboxylic acids is 1. The Morgan fingerprint density at radius 3 is 2.62 bits per heavy atom. The molecule has 0 saturated carbocycles. The molecule has 0 aliphatic carbocycles. The fourth-order valence-corrected chi connectivity index (χ4v) is 5.65. The van der Waals surface area contributed by atoms with Crippen LogP contribution in [0.2, 0.25) is 0 Å². The lowest BCUT2D eigenvalue weighted by Gasteiger charge is -2.33. The average Bonchev–Trinajstić information content (AvgIpc) is 2.80. The number of hydrogen-bond donors (Lipinski definition) is 0. The lowest BCUT2D eigenvalue weighted by Crippen LogP contribution is -2.35. The molecule has 0 radical (unpaired) electrons. The third-order valence-corrected chi connectivity index (χ3v) is 7.58. The Morgan fingerprint density at radius 2 is 1.81 bits per heavy atom. The quantitative estimate of drug-likeness (QED) is 0.575. The summed E-state index contributed by atoms with van der Waals surface area (Å²) in [6.07, 6.45) is 4.99.